The molecule has 0 aliphatic heterocycles. The highest BCUT2D eigenvalue weighted by Gasteiger charge is 2.00. The molecule has 0 aromatic rings. The molecule has 0 bridgehead atoms. The van der Waals surface area contributed by atoms with Crippen LogP contribution >= 0.6 is 12.6 Å². The lowest BCUT2D eigenvalue weighted by Crippen LogP contribution is -2.21. The molecule has 0 aromatic carbocycles. The molecule has 4 heteroatoms. The quantitative estimate of drug-likeness (QED) is 0.417. The summed E-state index contributed by atoms with van der Waals surface area (Å²) in [5.74, 6) is -0.0583. The molecule has 0 rings (SSSR count). The van der Waals surface area contributed by atoms with Gasteiger partial charge in [-0.2, -0.15) is 12.6 Å². The van der Waals surface area contributed by atoms with Crippen LogP contribution in [-0.4, -0.2) is 22.9 Å². The first-order valence-corrected chi connectivity index (χ1v) is 4.38. The first kappa shape index (κ1) is 10.8. The second-order valence-electron chi connectivity index (χ2n) is 2.58. The molecule has 11 heavy (non-hydrogen) atoms. The zero-order valence-electron chi connectivity index (χ0n) is 6.49. The first-order chi connectivity index (χ1) is 5.16. The standard InChI is InChI=1S/C7H15NO2S/c8-6(5-11)3-1-2-4-7(9)10/h6,11H,1-5,8H2,(H,9,10)/t6-/m0/s1. The third-order valence-corrected chi connectivity index (χ3v) is 1.92. The molecule has 1 atom stereocenters. The molecule has 3 N–H and O–H groups in total. The van der Waals surface area contributed by atoms with Crippen molar-refractivity contribution in [2.45, 2.75) is 31.7 Å². The van der Waals surface area contributed by atoms with Crippen molar-refractivity contribution in [3.63, 3.8) is 0 Å². The predicted molar refractivity (Wildman–Crippen MR) is 47.9 cm³/mol. The fourth-order valence-electron chi connectivity index (χ4n) is 0.774. The van der Waals surface area contributed by atoms with Crippen molar-refractivity contribution in [1.82, 2.24) is 0 Å². The second kappa shape index (κ2) is 6.49. The Labute approximate surface area is 72.4 Å². The van der Waals surface area contributed by atoms with E-state index in [2.05, 4.69) is 12.6 Å². The molecule has 0 fully saturated rings. The summed E-state index contributed by atoms with van der Waals surface area (Å²) in [5, 5.41) is 8.29. The second-order valence-corrected chi connectivity index (χ2v) is 2.95. The molecule has 3 nitrogen and oxygen atoms in total. The van der Waals surface area contributed by atoms with Crippen LogP contribution in [0.2, 0.25) is 0 Å². The number of thiol groups is 1. The smallest absolute Gasteiger partial charge is 0.303 e. The largest absolute Gasteiger partial charge is 0.481 e. The van der Waals surface area contributed by atoms with Gasteiger partial charge < -0.3 is 10.8 Å². The van der Waals surface area contributed by atoms with Gasteiger partial charge in [-0.15, -0.1) is 0 Å². The summed E-state index contributed by atoms with van der Waals surface area (Å²) in [4.78, 5) is 10.1. The normalized spacial score (nSPS) is 12.9. The number of carboxylic acids is 1. The molecular weight excluding hydrogens is 162 g/mol. The van der Waals surface area contributed by atoms with Gasteiger partial charge in [-0.25, -0.2) is 0 Å². The molecule has 0 unspecified atom stereocenters. The minimum Gasteiger partial charge on any atom is -0.481 e. The zero-order valence-corrected chi connectivity index (χ0v) is 7.39. The molecule has 0 amide bonds. The van der Waals surface area contributed by atoms with Crippen LogP contribution in [0.15, 0.2) is 0 Å². The maximum atomic E-state index is 10.1. The lowest BCUT2D eigenvalue weighted by atomic mass is 10.1. The fourth-order valence-corrected chi connectivity index (χ4v) is 0.957. The van der Waals surface area contributed by atoms with Crippen LogP contribution in [0.3, 0.4) is 0 Å². The van der Waals surface area contributed by atoms with E-state index in [4.69, 9.17) is 10.8 Å². The summed E-state index contributed by atoms with van der Waals surface area (Å²) in [7, 11) is 0. The lowest BCUT2D eigenvalue weighted by Gasteiger charge is -2.05. The van der Waals surface area contributed by atoms with Crippen LogP contribution in [0.1, 0.15) is 25.7 Å². The van der Waals surface area contributed by atoms with Gasteiger partial charge in [-0.1, -0.05) is 6.42 Å². The van der Waals surface area contributed by atoms with Crippen molar-refractivity contribution in [3.05, 3.63) is 0 Å². The first-order valence-electron chi connectivity index (χ1n) is 3.75. The Kier molecular flexibility index (Phi) is 6.36. The van der Waals surface area contributed by atoms with Gasteiger partial charge in [-0.3, -0.25) is 4.79 Å². The van der Waals surface area contributed by atoms with E-state index in [0.29, 0.717) is 5.75 Å². The molecule has 0 radical (unpaired) electrons. The van der Waals surface area contributed by atoms with Crippen molar-refractivity contribution in [1.29, 1.82) is 0 Å². The van der Waals surface area contributed by atoms with E-state index in [0.717, 1.165) is 19.3 Å². The Hall–Kier alpha value is -0.220. The van der Waals surface area contributed by atoms with Crippen LogP contribution in [0, 0.1) is 0 Å². The van der Waals surface area contributed by atoms with Gasteiger partial charge >= 0.3 is 5.97 Å². The molecule has 0 spiro atoms. The van der Waals surface area contributed by atoms with E-state index >= 15 is 0 Å². The Morgan fingerprint density at radius 2 is 2.18 bits per heavy atom. The van der Waals surface area contributed by atoms with Gasteiger partial charge in [0.05, 0.1) is 0 Å². The Morgan fingerprint density at radius 1 is 1.55 bits per heavy atom. The van der Waals surface area contributed by atoms with Crippen LogP contribution in [0.4, 0.5) is 0 Å². The van der Waals surface area contributed by atoms with E-state index in [9.17, 15) is 4.79 Å². The number of unbranched alkanes of at least 4 members (excludes halogenated alkanes) is 1. The van der Waals surface area contributed by atoms with E-state index in [1.54, 1.807) is 0 Å². The van der Waals surface area contributed by atoms with E-state index < -0.39 is 5.97 Å². The van der Waals surface area contributed by atoms with Crippen molar-refractivity contribution in [3.8, 4) is 0 Å². The lowest BCUT2D eigenvalue weighted by molar-refractivity contribution is -0.137. The summed E-state index contributed by atoms with van der Waals surface area (Å²) in [6.45, 7) is 0. The SMILES string of the molecule is N[C@H](CS)CCCCC(=O)O. The number of carbonyl (C=O) groups is 1. The summed E-state index contributed by atoms with van der Waals surface area (Å²) in [6, 6.07) is 0.118. The molecule has 0 aromatic heterocycles. The summed E-state index contributed by atoms with van der Waals surface area (Å²) in [5.41, 5.74) is 5.57. The third kappa shape index (κ3) is 7.68. The Morgan fingerprint density at radius 3 is 2.64 bits per heavy atom. The summed E-state index contributed by atoms with van der Waals surface area (Å²) in [6.07, 6.45) is 2.72. The zero-order chi connectivity index (χ0) is 8.69. The molecule has 0 saturated carbocycles. The average molecular weight is 177 g/mol. The highest BCUT2D eigenvalue weighted by Crippen LogP contribution is 2.02. The van der Waals surface area contributed by atoms with Gasteiger partial charge in [0.25, 0.3) is 0 Å². The van der Waals surface area contributed by atoms with Crippen molar-refractivity contribution < 1.29 is 9.90 Å². The van der Waals surface area contributed by atoms with Gasteiger partial charge in [0, 0.05) is 18.2 Å². The maximum Gasteiger partial charge on any atom is 0.303 e. The van der Waals surface area contributed by atoms with E-state index in [-0.39, 0.29) is 12.5 Å². The van der Waals surface area contributed by atoms with Crippen LogP contribution in [0.5, 0.6) is 0 Å². The van der Waals surface area contributed by atoms with Crippen molar-refractivity contribution in [2.75, 3.05) is 5.75 Å². The maximum absolute atomic E-state index is 10.1. The average Bonchev–Trinajstić information content (AvgIpc) is 1.97. The number of hydrogen-bond donors (Lipinski definition) is 3. The molecule has 66 valence electrons. The number of rotatable bonds is 6. The predicted octanol–water partition coefficient (Wildman–Crippen LogP) is 0.889. The van der Waals surface area contributed by atoms with Crippen molar-refractivity contribution in [2.24, 2.45) is 5.73 Å². The van der Waals surface area contributed by atoms with Crippen molar-refractivity contribution >= 4 is 18.6 Å². The summed E-state index contributed by atoms with van der Waals surface area (Å²) < 4.78 is 0. The number of carboxylic acid groups (broad SMARTS) is 1. The molecule has 0 saturated heterocycles. The molecule has 0 aliphatic rings. The third-order valence-electron chi connectivity index (χ3n) is 1.45. The Balaban J connectivity index is 3.08. The summed E-state index contributed by atoms with van der Waals surface area (Å²) >= 11 is 4.02. The fraction of sp³-hybridized carbons (Fsp3) is 0.857. The van der Waals surface area contributed by atoms with Gasteiger partial charge in [0.1, 0.15) is 0 Å². The van der Waals surface area contributed by atoms with E-state index in [1.165, 1.54) is 0 Å². The highest BCUT2D eigenvalue weighted by atomic mass is 32.1. The molecule has 0 aliphatic carbocycles. The monoisotopic (exact) mass is 177 g/mol. The minimum absolute atomic E-state index is 0.118. The van der Waals surface area contributed by atoms with Gasteiger partial charge in [0.2, 0.25) is 0 Å². The molecule has 0 heterocycles. The number of hydrogen-bond acceptors (Lipinski definition) is 3. The number of nitrogens with two attached hydrogens (primary N) is 1. The van der Waals surface area contributed by atoms with E-state index in [1.807, 2.05) is 0 Å². The minimum atomic E-state index is -0.732. The van der Waals surface area contributed by atoms with Crippen LogP contribution in [-0.2, 0) is 4.79 Å². The van der Waals surface area contributed by atoms with Crippen LogP contribution in [0.25, 0.3) is 0 Å². The van der Waals surface area contributed by atoms with Crippen LogP contribution < -0.4 is 5.73 Å². The molecular formula is C7H15NO2S. The Bertz CT molecular complexity index is 119. The highest BCUT2D eigenvalue weighted by molar-refractivity contribution is 7.80. The van der Waals surface area contributed by atoms with Gasteiger partial charge in [0.15, 0.2) is 0 Å². The topological polar surface area (TPSA) is 63.3 Å². The number of aliphatic carboxylic acids is 1. The van der Waals surface area contributed by atoms with Gasteiger partial charge in [-0.05, 0) is 12.8 Å².